The van der Waals surface area contributed by atoms with E-state index in [9.17, 15) is 9.90 Å². The highest BCUT2D eigenvalue weighted by atomic mass is 16.3. The minimum atomic E-state index is -0.618. The normalized spacial score (nSPS) is 14.7. The maximum Gasteiger partial charge on any atom is 0.245 e. The van der Waals surface area contributed by atoms with E-state index in [1.165, 1.54) is 6.08 Å². The van der Waals surface area contributed by atoms with Gasteiger partial charge in [-0.25, -0.2) is 0 Å². The summed E-state index contributed by atoms with van der Waals surface area (Å²) in [6.07, 6.45) is 1.42. The number of aliphatic hydroxyl groups is 1. The van der Waals surface area contributed by atoms with Gasteiger partial charge in [-0.1, -0.05) is 24.3 Å². The molecule has 1 aliphatic rings. The van der Waals surface area contributed by atoms with E-state index in [1.807, 2.05) is 36.4 Å². The standard InChI is InChI=1S/C14H9NO2/c15-13-11-6-9-4-2-1-3-8(9)5-10(11)7-12(16)14(13)17/h1-7,15-16H. The SMILES string of the molecule is N=C1C(=O)C(O)=Cc2cc3ccccc3cc21. The van der Waals surface area contributed by atoms with Crippen LogP contribution in [0.4, 0.5) is 0 Å². The van der Waals surface area contributed by atoms with Crippen LogP contribution in [0.1, 0.15) is 11.1 Å². The summed E-state index contributed by atoms with van der Waals surface area (Å²) in [7, 11) is 0. The first kappa shape index (κ1) is 9.78. The Kier molecular flexibility index (Phi) is 1.89. The van der Waals surface area contributed by atoms with Gasteiger partial charge in [0.25, 0.3) is 0 Å². The Bertz CT molecular complexity index is 698. The van der Waals surface area contributed by atoms with Gasteiger partial charge >= 0.3 is 0 Å². The summed E-state index contributed by atoms with van der Waals surface area (Å²) in [4.78, 5) is 11.5. The Hall–Kier alpha value is -2.42. The van der Waals surface area contributed by atoms with Crippen molar-refractivity contribution >= 4 is 28.3 Å². The van der Waals surface area contributed by atoms with Gasteiger partial charge in [-0.2, -0.15) is 0 Å². The Morgan fingerprint density at radius 2 is 1.71 bits per heavy atom. The van der Waals surface area contributed by atoms with E-state index >= 15 is 0 Å². The molecule has 1 aliphatic carbocycles. The Labute approximate surface area is 97.5 Å². The van der Waals surface area contributed by atoms with Crippen LogP contribution < -0.4 is 0 Å². The van der Waals surface area contributed by atoms with Crippen LogP contribution in [0, 0.1) is 5.41 Å². The molecule has 17 heavy (non-hydrogen) atoms. The van der Waals surface area contributed by atoms with Crippen molar-refractivity contribution in [1.29, 1.82) is 5.41 Å². The van der Waals surface area contributed by atoms with E-state index in [0.29, 0.717) is 11.1 Å². The number of benzene rings is 2. The highest BCUT2D eigenvalue weighted by Gasteiger charge is 2.24. The van der Waals surface area contributed by atoms with Crippen LogP contribution in [-0.4, -0.2) is 16.6 Å². The average molecular weight is 223 g/mol. The summed E-state index contributed by atoms with van der Waals surface area (Å²) in [6.45, 7) is 0. The molecule has 2 aromatic carbocycles. The minimum Gasteiger partial charge on any atom is -0.504 e. The molecule has 0 amide bonds. The van der Waals surface area contributed by atoms with E-state index < -0.39 is 5.78 Å². The molecular formula is C14H9NO2. The molecule has 0 aromatic heterocycles. The molecule has 82 valence electrons. The first-order valence-electron chi connectivity index (χ1n) is 5.24. The lowest BCUT2D eigenvalue weighted by Crippen LogP contribution is -2.21. The summed E-state index contributed by atoms with van der Waals surface area (Å²) in [5.41, 5.74) is 1.14. The molecule has 0 saturated carbocycles. The summed E-state index contributed by atoms with van der Waals surface area (Å²) in [5.74, 6) is -0.981. The number of hydrogen-bond acceptors (Lipinski definition) is 3. The summed E-state index contributed by atoms with van der Waals surface area (Å²) >= 11 is 0. The lowest BCUT2D eigenvalue weighted by Gasteiger charge is -2.14. The van der Waals surface area contributed by atoms with Crippen molar-refractivity contribution in [2.75, 3.05) is 0 Å². The van der Waals surface area contributed by atoms with Crippen LogP contribution in [0.2, 0.25) is 0 Å². The maximum atomic E-state index is 11.5. The van der Waals surface area contributed by atoms with E-state index in [0.717, 1.165) is 10.8 Å². The van der Waals surface area contributed by atoms with Crippen molar-refractivity contribution in [3.63, 3.8) is 0 Å². The predicted molar refractivity (Wildman–Crippen MR) is 66.4 cm³/mol. The molecule has 0 heterocycles. The first-order valence-corrected chi connectivity index (χ1v) is 5.24. The van der Waals surface area contributed by atoms with Gasteiger partial charge in [0.15, 0.2) is 5.76 Å². The molecule has 0 unspecified atom stereocenters. The van der Waals surface area contributed by atoms with Crippen LogP contribution in [-0.2, 0) is 4.79 Å². The van der Waals surface area contributed by atoms with Crippen LogP contribution >= 0.6 is 0 Å². The van der Waals surface area contributed by atoms with E-state index in [1.54, 1.807) is 0 Å². The van der Waals surface area contributed by atoms with Crippen molar-refractivity contribution in [3.05, 3.63) is 53.3 Å². The molecule has 3 nitrogen and oxygen atoms in total. The fourth-order valence-electron chi connectivity index (χ4n) is 2.06. The minimum absolute atomic E-state index is 0.147. The average Bonchev–Trinajstić information content (AvgIpc) is 2.34. The third kappa shape index (κ3) is 1.36. The van der Waals surface area contributed by atoms with Crippen molar-refractivity contribution in [2.45, 2.75) is 0 Å². The number of hydrogen-bond donors (Lipinski definition) is 2. The van der Waals surface area contributed by atoms with Gasteiger partial charge in [-0.15, -0.1) is 0 Å². The smallest absolute Gasteiger partial charge is 0.245 e. The molecule has 0 spiro atoms. The second kappa shape index (κ2) is 3.28. The predicted octanol–water partition coefficient (Wildman–Crippen LogP) is 2.69. The molecule has 0 aliphatic heterocycles. The number of carbonyl (C=O) groups is 1. The Balaban J connectivity index is 2.37. The lowest BCUT2D eigenvalue weighted by molar-refractivity contribution is -0.111. The molecule has 0 radical (unpaired) electrons. The van der Waals surface area contributed by atoms with Crippen molar-refractivity contribution < 1.29 is 9.90 Å². The molecule has 0 atom stereocenters. The first-order chi connectivity index (χ1) is 8.16. The molecule has 3 heteroatoms. The second-order valence-electron chi connectivity index (χ2n) is 4.02. The molecule has 0 fully saturated rings. The monoisotopic (exact) mass is 223 g/mol. The van der Waals surface area contributed by atoms with Gasteiger partial charge in [-0.05, 0) is 34.5 Å². The largest absolute Gasteiger partial charge is 0.504 e. The number of ketones is 1. The number of carbonyl (C=O) groups excluding carboxylic acids is 1. The number of nitrogens with one attached hydrogen (secondary N) is 1. The van der Waals surface area contributed by atoms with Gasteiger partial charge in [0.1, 0.15) is 5.71 Å². The molecule has 3 rings (SSSR count). The van der Waals surface area contributed by atoms with Crippen molar-refractivity contribution in [3.8, 4) is 0 Å². The van der Waals surface area contributed by atoms with Crippen LogP contribution in [0.15, 0.2) is 42.2 Å². The van der Waals surface area contributed by atoms with Gasteiger partial charge < -0.3 is 5.11 Å². The summed E-state index contributed by atoms with van der Waals surface area (Å²) in [5, 5.41) is 19.2. The van der Waals surface area contributed by atoms with E-state index in [4.69, 9.17) is 5.41 Å². The fraction of sp³-hybridized carbons (Fsp3) is 0. The molecule has 2 N–H and O–H groups in total. The number of fused-ring (bicyclic) bond motifs is 2. The number of Topliss-reactive ketones (excluding diaryl/α,β-unsaturated/α-hetero) is 1. The van der Waals surface area contributed by atoms with Crippen molar-refractivity contribution in [1.82, 2.24) is 0 Å². The number of allylic oxidation sites excluding steroid dienone is 1. The zero-order chi connectivity index (χ0) is 12.0. The maximum absolute atomic E-state index is 11.5. The van der Waals surface area contributed by atoms with Gasteiger partial charge in [0.05, 0.1) is 0 Å². The van der Waals surface area contributed by atoms with E-state index in [-0.39, 0.29) is 11.5 Å². The fourth-order valence-corrected chi connectivity index (χ4v) is 2.06. The molecular weight excluding hydrogens is 214 g/mol. The van der Waals surface area contributed by atoms with Crippen LogP contribution in [0.5, 0.6) is 0 Å². The Morgan fingerprint density at radius 1 is 1.06 bits per heavy atom. The summed E-state index contributed by atoms with van der Waals surface area (Å²) in [6, 6.07) is 11.4. The second-order valence-corrected chi connectivity index (χ2v) is 4.02. The molecule has 0 bridgehead atoms. The zero-order valence-electron chi connectivity index (χ0n) is 8.90. The highest BCUT2D eigenvalue weighted by Crippen LogP contribution is 2.26. The number of aliphatic hydroxyl groups excluding tert-OH is 1. The molecule has 0 saturated heterocycles. The van der Waals surface area contributed by atoms with Crippen LogP contribution in [0.25, 0.3) is 16.8 Å². The third-order valence-electron chi connectivity index (χ3n) is 2.94. The van der Waals surface area contributed by atoms with Gasteiger partial charge in [-0.3, -0.25) is 10.2 Å². The topological polar surface area (TPSA) is 61.2 Å². The van der Waals surface area contributed by atoms with Crippen molar-refractivity contribution in [2.24, 2.45) is 0 Å². The third-order valence-corrected chi connectivity index (χ3v) is 2.94. The highest BCUT2D eigenvalue weighted by molar-refractivity contribution is 6.52. The molecule has 2 aromatic rings. The quantitative estimate of drug-likeness (QED) is 0.721. The van der Waals surface area contributed by atoms with Gasteiger partial charge in [0, 0.05) is 5.56 Å². The Morgan fingerprint density at radius 3 is 2.41 bits per heavy atom. The number of rotatable bonds is 0. The van der Waals surface area contributed by atoms with E-state index in [2.05, 4.69) is 0 Å². The van der Waals surface area contributed by atoms with Crippen LogP contribution in [0.3, 0.4) is 0 Å². The lowest BCUT2D eigenvalue weighted by atomic mass is 9.91. The van der Waals surface area contributed by atoms with Gasteiger partial charge in [0.2, 0.25) is 5.78 Å². The summed E-state index contributed by atoms with van der Waals surface area (Å²) < 4.78 is 0. The zero-order valence-corrected chi connectivity index (χ0v) is 8.90.